The Morgan fingerprint density at radius 1 is 0.925 bits per heavy atom. The molecule has 1 atom stereocenters. The summed E-state index contributed by atoms with van der Waals surface area (Å²) in [7, 11) is -3.82. The molecule has 0 saturated heterocycles. The molecule has 3 aromatic carbocycles. The van der Waals surface area contributed by atoms with E-state index < -0.39 is 28.5 Å². The molecule has 0 spiro atoms. The van der Waals surface area contributed by atoms with E-state index in [0.29, 0.717) is 17.2 Å². The van der Waals surface area contributed by atoms with Gasteiger partial charge in [-0.2, -0.15) is 0 Å². The van der Waals surface area contributed by atoms with Crippen LogP contribution in [-0.4, -0.2) is 50.0 Å². The molecular weight excluding hydrogens is 526 g/mol. The van der Waals surface area contributed by atoms with Crippen LogP contribution in [0, 0.1) is 6.92 Å². The molecule has 4 rings (SSSR count). The minimum absolute atomic E-state index is 0.106. The van der Waals surface area contributed by atoms with E-state index in [1.807, 2.05) is 61.5 Å². The minimum Gasteiger partial charge on any atom is -0.457 e. The van der Waals surface area contributed by atoms with Gasteiger partial charge in [0, 0.05) is 12.6 Å². The van der Waals surface area contributed by atoms with Crippen LogP contribution in [0.2, 0.25) is 0 Å². The van der Waals surface area contributed by atoms with Crippen molar-refractivity contribution in [2.24, 2.45) is 0 Å². The molecule has 212 valence electrons. The highest BCUT2D eigenvalue weighted by Crippen LogP contribution is 2.26. The van der Waals surface area contributed by atoms with Crippen LogP contribution in [0.1, 0.15) is 43.7 Å². The molecule has 0 aliphatic heterocycles. The number of para-hydroxylation sites is 1. The first-order valence-corrected chi connectivity index (χ1v) is 15.4. The number of sulfonamides is 1. The molecule has 3 aromatic rings. The lowest BCUT2D eigenvalue weighted by atomic mass is 10.1. The standard InChI is InChI=1S/C31H37N3O5S/c1-23-11-7-8-12-25(23)21-33(24(2)31(36)32-26-13-9-10-14-26)30(35)22-34(40(3,37)38)27-17-19-29(20-18-27)39-28-15-5-4-6-16-28/h4-8,11-12,15-20,24,26H,9-10,13-14,21-22H2,1-3H3,(H,32,36)/t24-/m1/s1. The molecule has 1 N–H and O–H groups in total. The van der Waals surface area contributed by atoms with E-state index >= 15 is 0 Å². The van der Waals surface area contributed by atoms with Gasteiger partial charge >= 0.3 is 0 Å². The third-order valence-electron chi connectivity index (χ3n) is 7.25. The van der Waals surface area contributed by atoms with Crippen LogP contribution < -0.4 is 14.4 Å². The summed E-state index contributed by atoms with van der Waals surface area (Å²) in [4.78, 5) is 28.5. The Kier molecular flexibility index (Phi) is 9.47. The maximum atomic E-state index is 13.8. The zero-order valence-electron chi connectivity index (χ0n) is 23.2. The average molecular weight is 564 g/mol. The molecule has 1 aliphatic rings. The average Bonchev–Trinajstić information content (AvgIpc) is 3.44. The first-order chi connectivity index (χ1) is 19.1. The van der Waals surface area contributed by atoms with E-state index in [1.165, 1.54) is 4.90 Å². The third-order valence-corrected chi connectivity index (χ3v) is 8.39. The first-order valence-electron chi connectivity index (χ1n) is 13.6. The SMILES string of the molecule is Cc1ccccc1CN(C(=O)CN(c1ccc(Oc2ccccc2)cc1)S(C)(=O)=O)[C@H](C)C(=O)NC1CCCC1. The maximum Gasteiger partial charge on any atom is 0.244 e. The van der Waals surface area contributed by atoms with Gasteiger partial charge in [0.25, 0.3) is 0 Å². The van der Waals surface area contributed by atoms with Crippen molar-refractivity contribution >= 4 is 27.5 Å². The highest BCUT2D eigenvalue weighted by atomic mass is 32.2. The molecule has 0 heterocycles. The van der Waals surface area contributed by atoms with E-state index in [-0.39, 0.29) is 18.5 Å². The number of aryl methyl sites for hydroxylation is 1. The van der Waals surface area contributed by atoms with E-state index in [4.69, 9.17) is 4.74 Å². The Labute approximate surface area is 237 Å². The molecule has 40 heavy (non-hydrogen) atoms. The fourth-order valence-electron chi connectivity index (χ4n) is 4.86. The largest absolute Gasteiger partial charge is 0.457 e. The molecule has 8 nitrogen and oxygen atoms in total. The van der Waals surface area contributed by atoms with Crippen molar-refractivity contribution in [2.45, 2.75) is 58.2 Å². The number of carbonyl (C=O) groups excluding carboxylic acids is 2. The Morgan fingerprint density at radius 2 is 1.52 bits per heavy atom. The lowest BCUT2D eigenvalue weighted by Crippen LogP contribution is -2.52. The van der Waals surface area contributed by atoms with E-state index in [1.54, 1.807) is 31.2 Å². The number of amides is 2. The minimum atomic E-state index is -3.82. The fourth-order valence-corrected chi connectivity index (χ4v) is 5.71. The molecular formula is C31H37N3O5S. The van der Waals surface area contributed by atoms with Gasteiger partial charge in [-0.1, -0.05) is 55.3 Å². The predicted molar refractivity (Wildman–Crippen MR) is 157 cm³/mol. The van der Waals surface area contributed by atoms with Crippen molar-refractivity contribution in [3.05, 3.63) is 90.0 Å². The normalized spacial score (nSPS) is 14.4. The van der Waals surface area contributed by atoms with Crippen molar-refractivity contribution in [1.29, 1.82) is 0 Å². The van der Waals surface area contributed by atoms with Gasteiger partial charge < -0.3 is 15.0 Å². The summed E-state index contributed by atoms with van der Waals surface area (Å²) in [6.07, 6.45) is 5.07. The van der Waals surface area contributed by atoms with Gasteiger partial charge in [-0.3, -0.25) is 13.9 Å². The first kappa shape index (κ1) is 29.1. The van der Waals surface area contributed by atoms with Gasteiger partial charge in [0.2, 0.25) is 21.8 Å². The van der Waals surface area contributed by atoms with Crippen molar-refractivity contribution < 1.29 is 22.7 Å². The number of anilines is 1. The third kappa shape index (κ3) is 7.63. The van der Waals surface area contributed by atoms with E-state index in [2.05, 4.69) is 5.32 Å². The number of rotatable bonds is 11. The summed E-state index contributed by atoms with van der Waals surface area (Å²) in [5.41, 5.74) is 2.21. The summed E-state index contributed by atoms with van der Waals surface area (Å²) in [6, 6.07) is 22.8. The lowest BCUT2D eigenvalue weighted by molar-refractivity contribution is -0.139. The number of carbonyl (C=O) groups is 2. The van der Waals surface area contributed by atoms with Crippen LogP contribution in [-0.2, 0) is 26.2 Å². The molecule has 1 aliphatic carbocycles. The number of hydrogen-bond acceptors (Lipinski definition) is 5. The topological polar surface area (TPSA) is 96.0 Å². The number of benzene rings is 3. The van der Waals surface area contributed by atoms with E-state index in [9.17, 15) is 18.0 Å². The number of hydrogen-bond donors (Lipinski definition) is 1. The Morgan fingerprint density at radius 3 is 2.15 bits per heavy atom. The van der Waals surface area contributed by atoms with Crippen molar-refractivity contribution in [3.63, 3.8) is 0 Å². The van der Waals surface area contributed by atoms with Gasteiger partial charge in [-0.25, -0.2) is 8.42 Å². The van der Waals surface area contributed by atoms with Crippen molar-refractivity contribution in [1.82, 2.24) is 10.2 Å². The number of ether oxygens (including phenoxy) is 1. The smallest absolute Gasteiger partial charge is 0.244 e. The molecule has 0 bridgehead atoms. The highest BCUT2D eigenvalue weighted by molar-refractivity contribution is 7.92. The van der Waals surface area contributed by atoms with Crippen LogP contribution in [0.3, 0.4) is 0 Å². The Bertz CT molecular complexity index is 1400. The van der Waals surface area contributed by atoms with Crippen LogP contribution in [0.15, 0.2) is 78.9 Å². The zero-order chi connectivity index (χ0) is 28.7. The fraction of sp³-hybridized carbons (Fsp3) is 0.355. The quantitative estimate of drug-likeness (QED) is 0.353. The van der Waals surface area contributed by atoms with Gasteiger partial charge in [0.05, 0.1) is 11.9 Å². The Hall–Kier alpha value is -3.85. The maximum absolute atomic E-state index is 13.8. The van der Waals surface area contributed by atoms with Crippen molar-refractivity contribution in [2.75, 3.05) is 17.1 Å². The lowest BCUT2D eigenvalue weighted by Gasteiger charge is -2.32. The zero-order valence-corrected chi connectivity index (χ0v) is 24.1. The second kappa shape index (κ2) is 13.0. The molecule has 0 aromatic heterocycles. The van der Waals surface area contributed by atoms with Crippen LogP contribution in [0.25, 0.3) is 0 Å². The molecule has 0 unspecified atom stereocenters. The molecule has 1 saturated carbocycles. The number of nitrogens with zero attached hydrogens (tertiary/aromatic N) is 2. The molecule has 1 fully saturated rings. The molecule has 9 heteroatoms. The summed E-state index contributed by atoms with van der Waals surface area (Å²) in [5.74, 6) is 0.491. The second-order valence-corrected chi connectivity index (χ2v) is 12.2. The predicted octanol–water partition coefficient (Wildman–Crippen LogP) is 5.03. The van der Waals surface area contributed by atoms with Crippen LogP contribution in [0.4, 0.5) is 5.69 Å². The van der Waals surface area contributed by atoms with Crippen LogP contribution >= 0.6 is 0 Å². The number of nitrogens with one attached hydrogen (secondary N) is 1. The van der Waals surface area contributed by atoms with Crippen molar-refractivity contribution in [3.8, 4) is 11.5 Å². The Balaban J connectivity index is 1.56. The van der Waals surface area contributed by atoms with Gasteiger partial charge in [0.15, 0.2) is 0 Å². The van der Waals surface area contributed by atoms with E-state index in [0.717, 1.165) is 47.4 Å². The van der Waals surface area contributed by atoms with Gasteiger partial charge in [0.1, 0.15) is 24.1 Å². The highest BCUT2D eigenvalue weighted by Gasteiger charge is 2.31. The summed E-state index contributed by atoms with van der Waals surface area (Å²) < 4.78 is 32.6. The van der Waals surface area contributed by atoms with Gasteiger partial charge in [-0.15, -0.1) is 0 Å². The van der Waals surface area contributed by atoms with Crippen LogP contribution in [0.5, 0.6) is 11.5 Å². The molecule has 0 radical (unpaired) electrons. The summed E-state index contributed by atoms with van der Waals surface area (Å²) in [6.45, 7) is 3.39. The second-order valence-electron chi connectivity index (χ2n) is 10.3. The molecule has 2 amide bonds. The van der Waals surface area contributed by atoms with Gasteiger partial charge in [-0.05, 0) is 74.2 Å². The summed E-state index contributed by atoms with van der Waals surface area (Å²) >= 11 is 0. The monoisotopic (exact) mass is 563 g/mol. The summed E-state index contributed by atoms with van der Waals surface area (Å²) in [5, 5.41) is 3.08.